The Morgan fingerprint density at radius 1 is 1.27 bits per heavy atom. The van der Waals surface area contributed by atoms with Crippen LogP contribution in [0, 0.1) is 0 Å². The molecule has 22 heavy (non-hydrogen) atoms. The maximum absolute atomic E-state index is 11.9. The number of carbonyl (C=O) groups is 1. The third kappa shape index (κ3) is 5.83. The summed E-state index contributed by atoms with van der Waals surface area (Å²) in [6, 6.07) is 9.74. The highest BCUT2D eigenvalue weighted by Gasteiger charge is 2.18. The number of ether oxygens (including phenoxy) is 1. The fourth-order valence-electron chi connectivity index (χ4n) is 2.01. The van der Waals surface area contributed by atoms with Crippen LogP contribution >= 0.6 is 12.6 Å². The van der Waals surface area contributed by atoms with Crippen molar-refractivity contribution in [3.63, 3.8) is 0 Å². The van der Waals surface area contributed by atoms with Gasteiger partial charge in [-0.25, -0.2) is 5.01 Å². The number of likely N-dealkylation sites (N-methyl/N-ethyl adjacent to an activating group) is 1. The molecule has 0 aliphatic carbocycles. The first-order valence-electron chi connectivity index (χ1n) is 7.35. The lowest BCUT2D eigenvalue weighted by molar-refractivity contribution is -0.144. The van der Waals surface area contributed by atoms with Gasteiger partial charge in [0.25, 0.3) is 0 Å². The van der Waals surface area contributed by atoms with Gasteiger partial charge in [-0.1, -0.05) is 41.5 Å². The molecule has 4 nitrogen and oxygen atoms in total. The van der Waals surface area contributed by atoms with Crippen molar-refractivity contribution in [3.05, 3.63) is 47.0 Å². The van der Waals surface area contributed by atoms with E-state index in [4.69, 9.17) is 10.6 Å². The standard InChI is InChI=1S/C17H26N2O2S/c1-12(14(3)19(4)18)13(2)16(22)10-17(20)21-11-15-8-6-5-7-9-15/h5-9,14,16,22H,10-11,18H2,1-4H3/b13-12-. The molecule has 2 atom stereocenters. The Morgan fingerprint density at radius 2 is 1.86 bits per heavy atom. The van der Waals surface area contributed by atoms with Gasteiger partial charge in [-0.15, -0.1) is 0 Å². The highest BCUT2D eigenvalue weighted by Crippen LogP contribution is 2.21. The molecular formula is C17H26N2O2S. The molecule has 0 spiro atoms. The van der Waals surface area contributed by atoms with Crippen molar-refractivity contribution in [2.45, 2.75) is 45.1 Å². The second-order valence-corrected chi connectivity index (χ2v) is 6.20. The molecule has 122 valence electrons. The lowest BCUT2D eigenvalue weighted by Crippen LogP contribution is -2.36. The maximum atomic E-state index is 11.9. The number of thiol groups is 1. The first-order valence-corrected chi connectivity index (χ1v) is 7.87. The Hall–Kier alpha value is -1.30. The van der Waals surface area contributed by atoms with Gasteiger partial charge in [-0.3, -0.25) is 10.6 Å². The predicted molar refractivity (Wildman–Crippen MR) is 93.4 cm³/mol. The van der Waals surface area contributed by atoms with Crippen molar-refractivity contribution in [3.8, 4) is 0 Å². The Bertz CT molecular complexity index is 515. The predicted octanol–water partition coefficient (Wildman–Crippen LogP) is 2.95. The van der Waals surface area contributed by atoms with Gasteiger partial charge in [0, 0.05) is 18.3 Å². The Kier molecular flexibility index (Phi) is 7.65. The smallest absolute Gasteiger partial charge is 0.307 e. The van der Waals surface area contributed by atoms with E-state index in [1.807, 2.05) is 58.2 Å². The van der Waals surface area contributed by atoms with Crippen molar-refractivity contribution < 1.29 is 9.53 Å². The number of hydrogen-bond donors (Lipinski definition) is 2. The van der Waals surface area contributed by atoms with Gasteiger partial charge >= 0.3 is 5.97 Å². The molecule has 2 N–H and O–H groups in total. The first-order chi connectivity index (χ1) is 10.3. The van der Waals surface area contributed by atoms with Gasteiger partial charge in [0.1, 0.15) is 6.61 Å². The summed E-state index contributed by atoms with van der Waals surface area (Å²) >= 11 is 4.53. The van der Waals surface area contributed by atoms with Crippen LogP contribution in [0.5, 0.6) is 0 Å². The quantitative estimate of drug-likeness (QED) is 0.266. The molecule has 0 aliphatic rings. The largest absolute Gasteiger partial charge is 0.461 e. The number of esters is 1. The summed E-state index contributed by atoms with van der Waals surface area (Å²) in [6.07, 6.45) is 0.250. The zero-order chi connectivity index (χ0) is 16.7. The third-order valence-electron chi connectivity index (χ3n) is 3.96. The molecule has 1 aromatic rings. The maximum Gasteiger partial charge on any atom is 0.307 e. The van der Waals surface area contributed by atoms with Crippen molar-refractivity contribution >= 4 is 18.6 Å². The van der Waals surface area contributed by atoms with E-state index in [1.54, 1.807) is 5.01 Å². The SMILES string of the molecule is C/C(=C(\C)C(C)N(C)N)C(S)CC(=O)OCc1ccccc1. The molecule has 0 fully saturated rings. The fraction of sp³-hybridized carbons (Fsp3) is 0.471. The van der Waals surface area contributed by atoms with Crippen molar-refractivity contribution in [2.24, 2.45) is 5.84 Å². The van der Waals surface area contributed by atoms with Gasteiger partial charge in [0.05, 0.1) is 6.42 Å². The van der Waals surface area contributed by atoms with E-state index in [0.717, 1.165) is 16.7 Å². The van der Waals surface area contributed by atoms with Crippen LogP contribution in [-0.4, -0.2) is 29.3 Å². The highest BCUT2D eigenvalue weighted by atomic mass is 32.1. The van der Waals surface area contributed by atoms with Gasteiger partial charge < -0.3 is 4.74 Å². The van der Waals surface area contributed by atoms with Crippen LogP contribution in [0.2, 0.25) is 0 Å². The average Bonchev–Trinajstić information content (AvgIpc) is 2.51. The number of nitrogens with zero attached hydrogens (tertiary/aromatic N) is 1. The van der Waals surface area contributed by atoms with E-state index in [9.17, 15) is 4.79 Å². The van der Waals surface area contributed by atoms with Gasteiger partial charge in [0.2, 0.25) is 0 Å². The summed E-state index contributed by atoms with van der Waals surface area (Å²) in [5.41, 5.74) is 3.17. The Labute approximate surface area is 138 Å². The molecule has 1 aromatic carbocycles. The second-order valence-electron chi connectivity index (χ2n) is 5.57. The highest BCUT2D eigenvalue weighted by molar-refractivity contribution is 7.81. The molecule has 0 aromatic heterocycles. The molecule has 0 bridgehead atoms. The van der Waals surface area contributed by atoms with E-state index in [0.29, 0.717) is 6.61 Å². The normalized spacial score (nSPS) is 15.2. The van der Waals surface area contributed by atoms with Crippen LogP contribution < -0.4 is 5.84 Å². The number of carbonyl (C=O) groups excluding carboxylic acids is 1. The molecule has 0 radical (unpaired) electrons. The molecule has 0 saturated carbocycles. The molecule has 1 rings (SSSR count). The molecule has 0 aliphatic heterocycles. The summed E-state index contributed by atoms with van der Waals surface area (Å²) in [5, 5.41) is 1.48. The minimum Gasteiger partial charge on any atom is -0.461 e. The van der Waals surface area contributed by atoms with E-state index in [1.165, 1.54) is 0 Å². The van der Waals surface area contributed by atoms with Crippen molar-refractivity contribution in [1.82, 2.24) is 5.01 Å². The van der Waals surface area contributed by atoms with Crippen molar-refractivity contribution in [1.29, 1.82) is 0 Å². The number of rotatable bonds is 7. The molecule has 5 heteroatoms. The van der Waals surface area contributed by atoms with Crippen LogP contribution in [0.1, 0.15) is 32.8 Å². The number of hydrogen-bond acceptors (Lipinski definition) is 5. The second kappa shape index (κ2) is 8.98. The van der Waals surface area contributed by atoms with Crippen LogP contribution in [0.25, 0.3) is 0 Å². The van der Waals surface area contributed by atoms with Gasteiger partial charge in [-0.2, -0.15) is 12.6 Å². The zero-order valence-electron chi connectivity index (χ0n) is 13.7. The first kappa shape index (κ1) is 18.7. The molecular weight excluding hydrogens is 296 g/mol. The third-order valence-corrected chi connectivity index (χ3v) is 4.53. The monoisotopic (exact) mass is 322 g/mol. The Morgan fingerprint density at radius 3 is 2.41 bits per heavy atom. The minimum atomic E-state index is -0.246. The summed E-state index contributed by atoms with van der Waals surface area (Å²) in [6.45, 7) is 6.32. The number of nitrogens with two attached hydrogens (primary N) is 1. The van der Waals surface area contributed by atoms with Crippen LogP contribution in [0.15, 0.2) is 41.5 Å². The fourth-order valence-corrected chi connectivity index (χ4v) is 2.36. The number of benzene rings is 1. The van der Waals surface area contributed by atoms with Gasteiger partial charge in [0.15, 0.2) is 0 Å². The Balaban J connectivity index is 2.54. The lowest BCUT2D eigenvalue weighted by atomic mass is 10.0. The summed E-state index contributed by atoms with van der Waals surface area (Å²) in [4.78, 5) is 11.9. The van der Waals surface area contributed by atoms with Gasteiger partial charge in [-0.05, 0) is 26.3 Å². The number of hydrazine groups is 1. The topological polar surface area (TPSA) is 55.6 Å². The van der Waals surface area contributed by atoms with Crippen LogP contribution in [0.3, 0.4) is 0 Å². The lowest BCUT2D eigenvalue weighted by Gasteiger charge is -2.24. The molecule has 0 amide bonds. The van der Waals surface area contributed by atoms with Crippen molar-refractivity contribution in [2.75, 3.05) is 7.05 Å². The van der Waals surface area contributed by atoms with E-state index < -0.39 is 0 Å². The summed E-state index contributed by atoms with van der Waals surface area (Å²) in [5.74, 6) is 5.53. The average molecular weight is 322 g/mol. The van der Waals surface area contributed by atoms with E-state index in [-0.39, 0.29) is 23.7 Å². The molecule has 0 saturated heterocycles. The molecule has 2 unspecified atom stereocenters. The van der Waals surface area contributed by atoms with E-state index in [2.05, 4.69) is 12.6 Å². The zero-order valence-corrected chi connectivity index (χ0v) is 14.6. The van der Waals surface area contributed by atoms with E-state index >= 15 is 0 Å². The summed E-state index contributed by atoms with van der Waals surface area (Å²) in [7, 11) is 1.82. The molecule has 0 heterocycles. The summed E-state index contributed by atoms with van der Waals surface area (Å²) < 4.78 is 5.29. The van der Waals surface area contributed by atoms with Crippen LogP contribution in [-0.2, 0) is 16.1 Å². The van der Waals surface area contributed by atoms with Crippen LogP contribution in [0.4, 0.5) is 0 Å². The minimum absolute atomic E-state index is 0.106.